The molecule has 0 amide bonds. The van der Waals surface area contributed by atoms with Crippen molar-refractivity contribution < 1.29 is 0 Å². The lowest BCUT2D eigenvalue weighted by molar-refractivity contribution is 0.954. The van der Waals surface area contributed by atoms with Gasteiger partial charge >= 0.3 is 0 Å². The topological polar surface area (TPSA) is 0 Å². The largest absolute Gasteiger partial charge is 0.179 e. The average molecular weight is 437 g/mol. The highest BCUT2D eigenvalue weighted by atomic mass is 28.3. The van der Waals surface area contributed by atoms with Crippen LogP contribution in [0, 0.1) is 47.5 Å². The zero-order valence-electron chi connectivity index (χ0n) is 20.9. The Hall–Kier alpha value is -2.64. The fraction of sp³-hybridized carbons (Fsp3) is 0.290. The van der Waals surface area contributed by atoms with E-state index in [4.69, 9.17) is 0 Å². The molecule has 3 aromatic rings. The Kier molecular flexibility index (Phi) is 5.90. The Labute approximate surface area is 195 Å². The summed E-state index contributed by atoms with van der Waals surface area (Å²) in [5.74, 6) is 0.472. The molecule has 1 atom stereocenters. The standard InChI is InChI=1S/C31H36Si/c1-20-9-21(2)14-28(13-20)32(31-19-26(7)12-27(31)8,29-15-22(3)10-23(4)16-29)30-17-24(5)11-25(6)18-30/h9-19,26H,1-8H3. The molecule has 1 heteroatoms. The molecule has 0 aromatic heterocycles. The second kappa shape index (κ2) is 8.37. The minimum Gasteiger partial charge on any atom is -0.0773 e. The van der Waals surface area contributed by atoms with Gasteiger partial charge in [0, 0.05) is 0 Å². The molecule has 0 heterocycles. The fourth-order valence-electron chi connectivity index (χ4n) is 5.89. The van der Waals surface area contributed by atoms with Crippen LogP contribution in [0.5, 0.6) is 0 Å². The third kappa shape index (κ3) is 3.95. The van der Waals surface area contributed by atoms with Crippen LogP contribution in [0.2, 0.25) is 0 Å². The maximum absolute atomic E-state index is 2.55. The fourth-order valence-corrected chi connectivity index (χ4v) is 11.7. The van der Waals surface area contributed by atoms with Crippen molar-refractivity contribution in [3.05, 3.63) is 111 Å². The van der Waals surface area contributed by atoms with E-state index in [-0.39, 0.29) is 0 Å². The van der Waals surface area contributed by atoms with Crippen molar-refractivity contribution in [2.45, 2.75) is 55.4 Å². The van der Waals surface area contributed by atoms with Crippen LogP contribution in [0.25, 0.3) is 0 Å². The van der Waals surface area contributed by atoms with Gasteiger partial charge in [-0.05, 0) is 75.1 Å². The molecule has 3 aromatic carbocycles. The molecule has 0 saturated carbocycles. The highest BCUT2D eigenvalue weighted by Gasteiger charge is 2.45. The van der Waals surface area contributed by atoms with Gasteiger partial charge < -0.3 is 0 Å². The van der Waals surface area contributed by atoms with Gasteiger partial charge in [-0.2, -0.15) is 0 Å². The molecule has 0 spiro atoms. The minimum atomic E-state index is -2.49. The van der Waals surface area contributed by atoms with Crippen molar-refractivity contribution in [1.82, 2.24) is 0 Å². The first-order chi connectivity index (χ1) is 15.1. The molecule has 32 heavy (non-hydrogen) atoms. The minimum absolute atomic E-state index is 0.472. The van der Waals surface area contributed by atoms with E-state index in [0.29, 0.717) is 5.92 Å². The Balaban J connectivity index is 2.24. The summed E-state index contributed by atoms with van der Waals surface area (Å²) in [5, 5.41) is 6.05. The number of aryl methyl sites for hydroxylation is 6. The summed E-state index contributed by atoms with van der Waals surface area (Å²) in [7, 11) is -2.49. The quantitative estimate of drug-likeness (QED) is 0.344. The summed E-state index contributed by atoms with van der Waals surface area (Å²) < 4.78 is 0. The van der Waals surface area contributed by atoms with Crippen LogP contribution >= 0.6 is 0 Å². The smallest absolute Gasteiger partial charge is 0.0773 e. The second-order valence-electron chi connectivity index (χ2n) is 10.2. The van der Waals surface area contributed by atoms with Crippen LogP contribution in [0.1, 0.15) is 47.2 Å². The number of benzene rings is 3. The Bertz CT molecular complexity index is 1070. The van der Waals surface area contributed by atoms with Crippen molar-refractivity contribution in [1.29, 1.82) is 0 Å². The molecule has 0 radical (unpaired) electrons. The van der Waals surface area contributed by atoms with Crippen LogP contribution in [0.15, 0.2) is 77.5 Å². The van der Waals surface area contributed by atoms with E-state index >= 15 is 0 Å². The van der Waals surface area contributed by atoms with E-state index in [2.05, 4.69) is 122 Å². The molecular weight excluding hydrogens is 400 g/mol. The van der Waals surface area contributed by atoms with Gasteiger partial charge in [0.1, 0.15) is 0 Å². The molecule has 0 nitrogen and oxygen atoms in total. The highest BCUT2D eigenvalue weighted by Crippen LogP contribution is 2.32. The number of hydrogen-bond acceptors (Lipinski definition) is 0. The van der Waals surface area contributed by atoms with Gasteiger partial charge in [-0.15, -0.1) is 0 Å². The molecule has 0 aliphatic heterocycles. The Morgan fingerprint density at radius 3 is 1.03 bits per heavy atom. The molecule has 1 unspecified atom stereocenters. The summed E-state index contributed by atoms with van der Waals surface area (Å²) in [5.41, 5.74) is 9.52. The average Bonchev–Trinajstić information content (AvgIpc) is 2.98. The molecular formula is C31H36Si. The van der Waals surface area contributed by atoms with Gasteiger partial charge in [0.2, 0.25) is 0 Å². The monoisotopic (exact) mass is 436 g/mol. The predicted octanol–water partition coefficient (Wildman–Crippen LogP) is 6.07. The van der Waals surface area contributed by atoms with E-state index in [0.717, 1.165) is 0 Å². The molecule has 0 fully saturated rings. The molecule has 1 aliphatic rings. The van der Waals surface area contributed by atoms with E-state index in [1.54, 1.807) is 5.20 Å². The van der Waals surface area contributed by atoms with E-state index in [1.165, 1.54) is 54.5 Å². The van der Waals surface area contributed by atoms with Gasteiger partial charge in [-0.25, -0.2) is 0 Å². The van der Waals surface area contributed by atoms with E-state index in [9.17, 15) is 0 Å². The summed E-state index contributed by atoms with van der Waals surface area (Å²) in [4.78, 5) is 0. The van der Waals surface area contributed by atoms with Crippen LogP contribution in [0.3, 0.4) is 0 Å². The summed E-state index contributed by atoms with van der Waals surface area (Å²) >= 11 is 0. The Morgan fingerprint density at radius 1 is 0.469 bits per heavy atom. The molecule has 164 valence electrons. The number of hydrogen-bond donors (Lipinski definition) is 0. The van der Waals surface area contributed by atoms with Gasteiger partial charge in [0.25, 0.3) is 0 Å². The SMILES string of the molecule is CC1=CC(C)C=C1[Si](c1cc(C)cc(C)c1)(c1cc(C)cc(C)c1)c1cc(C)cc(C)c1. The summed E-state index contributed by atoms with van der Waals surface area (Å²) in [6.45, 7) is 18.1. The first-order valence-corrected chi connectivity index (χ1v) is 13.8. The normalized spacial score (nSPS) is 16.2. The van der Waals surface area contributed by atoms with Crippen molar-refractivity contribution in [2.24, 2.45) is 5.92 Å². The first-order valence-electron chi connectivity index (χ1n) is 11.8. The lowest BCUT2D eigenvalue weighted by atomic mass is 10.1. The van der Waals surface area contributed by atoms with Gasteiger partial charge in [-0.3, -0.25) is 0 Å². The second-order valence-corrected chi connectivity index (χ2v) is 13.9. The first kappa shape index (κ1) is 22.5. The van der Waals surface area contributed by atoms with Crippen LogP contribution in [0.4, 0.5) is 0 Å². The van der Waals surface area contributed by atoms with E-state index in [1.807, 2.05) is 0 Å². The molecule has 1 aliphatic carbocycles. The van der Waals surface area contributed by atoms with Crippen LogP contribution < -0.4 is 15.6 Å². The van der Waals surface area contributed by atoms with E-state index < -0.39 is 8.07 Å². The number of rotatable bonds is 4. The molecule has 0 saturated heterocycles. The maximum Gasteiger partial charge on any atom is 0.179 e. The van der Waals surface area contributed by atoms with Gasteiger partial charge in [0.15, 0.2) is 8.07 Å². The predicted molar refractivity (Wildman–Crippen MR) is 143 cm³/mol. The van der Waals surface area contributed by atoms with Crippen molar-refractivity contribution in [2.75, 3.05) is 0 Å². The highest BCUT2D eigenvalue weighted by molar-refractivity contribution is 7.16. The lowest BCUT2D eigenvalue weighted by Crippen LogP contribution is -2.69. The Morgan fingerprint density at radius 2 is 0.781 bits per heavy atom. The van der Waals surface area contributed by atoms with Crippen LogP contribution in [-0.4, -0.2) is 8.07 Å². The lowest BCUT2D eigenvalue weighted by Gasteiger charge is -2.37. The van der Waals surface area contributed by atoms with Gasteiger partial charge in [-0.1, -0.05) is 113 Å². The van der Waals surface area contributed by atoms with Crippen molar-refractivity contribution in [3.8, 4) is 0 Å². The van der Waals surface area contributed by atoms with Gasteiger partial charge in [0.05, 0.1) is 0 Å². The molecule has 4 rings (SSSR count). The maximum atomic E-state index is 2.55. The number of allylic oxidation sites excluding steroid dienone is 4. The third-order valence-electron chi connectivity index (χ3n) is 6.74. The molecule has 0 bridgehead atoms. The zero-order chi connectivity index (χ0) is 23.2. The summed E-state index contributed by atoms with van der Waals surface area (Å²) in [6.07, 6.45) is 5.00. The summed E-state index contributed by atoms with van der Waals surface area (Å²) in [6, 6.07) is 21.7. The van der Waals surface area contributed by atoms with Crippen molar-refractivity contribution in [3.63, 3.8) is 0 Å². The van der Waals surface area contributed by atoms with Crippen molar-refractivity contribution >= 4 is 23.6 Å². The third-order valence-corrected chi connectivity index (χ3v) is 11.6. The van der Waals surface area contributed by atoms with Crippen LogP contribution in [-0.2, 0) is 0 Å². The molecule has 0 N–H and O–H groups in total. The zero-order valence-corrected chi connectivity index (χ0v) is 21.9.